The van der Waals surface area contributed by atoms with Gasteiger partial charge in [-0.2, -0.15) is 0 Å². The van der Waals surface area contributed by atoms with E-state index in [1.54, 1.807) is 4.90 Å². The summed E-state index contributed by atoms with van der Waals surface area (Å²) in [7, 11) is 3.81. The summed E-state index contributed by atoms with van der Waals surface area (Å²) in [4.78, 5) is 20.3. The highest BCUT2D eigenvalue weighted by Crippen LogP contribution is 2.33. The molecule has 1 amide bonds. The zero-order valence-electron chi connectivity index (χ0n) is 14.7. The summed E-state index contributed by atoms with van der Waals surface area (Å²) in [5.74, 6) is -0.343. The molecule has 0 aliphatic heterocycles. The van der Waals surface area contributed by atoms with E-state index in [1.165, 1.54) is 29.5 Å². The number of hydrogen-bond acceptors (Lipinski definition) is 5. The van der Waals surface area contributed by atoms with Crippen LogP contribution in [0.3, 0.4) is 0 Å². The van der Waals surface area contributed by atoms with Crippen molar-refractivity contribution in [2.24, 2.45) is 0 Å². The Balaban J connectivity index is 0.00000338. The molecule has 5 nitrogen and oxygen atoms in total. The Morgan fingerprint density at radius 2 is 1.96 bits per heavy atom. The smallest absolute Gasteiger partial charge is 0.406 e. The molecule has 0 aliphatic carbocycles. The number of alkyl halides is 3. The number of aromatic nitrogens is 1. The summed E-state index contributed by atoms with van der Waals surface area (Å²) in [6.07, 6.45) is -3.63. The van der Waals surface area contributed by atoms with Crippen LogP contribution in [-0.2, 0) is 4.79 Å². The van der Waals surface area contributed by atoms with Gasteiger partial charge in [-0.3, -0.25) is 9.69 Å². The van der Waals surface area contributed by atoms with Gasteiger partial charge in [0, 0.05) is 25.6 Å². The first kappa shape index (κ1) is 22.5. The van der Waals surface area contributed by atoms with Gasteiger partial charge in [-0.15, -0.1) is 25.6 Å². The Morgan fingerprint density at radius 1 is 1.27 bits per heavy atom. The third-order valence-corrected chi connectivity index (χ3v) is 4.39. The van der Waals surface area contributed by atoms with Crippen molar-refractivity contribution in [3.63, 3.8) is 0 Å². The molecule has 0 fully saturated rings. The number of hydrogen-bond donors (Lipinski definition) is 0. The molecule has 0 radical (unpaired) electrons. The first-order chi connectivity index (χ1) is 11.7. The number of ether oxygens (including phenoxy) is 1. The molecule has 2 aromatic rings. The van der Waals surface area contributed by atoms with Gasteiger partial charge in [0.05, 0.1) is 10.2 Å². The highest BCUT2D eigenvalue weighted by Gasteiger charge is 2.31. The zero-order chi connectivity index (χ0) is 18.6. The van der Waals surface area contributed by atoms with Crippen molar-refractivity contribution in [2.45, 2.75) is 26.1 Å². The van der Waals surface area contributed by atoms with Gasteiger partial charge in [0.1, 0.15) is 5.75 Å². The SMILES string of the molecule is CCCC(=O)N(CCN(C)C)c1nc2ccc(OC(F)(F)F)cc2s1.Cl. The maximum atomic E-state index is 12.4. The van der Waals surface area contributed by atoms with Gasteiger partial charge in [0.2, 0.25) is 5.91 Å². The van der Waals surface area contributed by atoms with Crippen LogP contribution in [0.1, 0.15) is 19.8 Å². The summed E-state index contributed by atoms with van der Waals surface area (Å²) in [5.41, 5.74) is 0.536. The number of rotatable bonds is 7. The van der Waals surface area contributed by atoms with Crippen molar-refractivity contribution in [1.29, 1.82) is 0 Å². The highest BCUT2D eigenvalue weighted by molar-refractivity contribution is 7.22. The van der Waals surface area contributed by atoms with E-state index in [2.05, 4.69) is 9.72 Å². The maximum absolute atomic E-state index is 12.4. The molecule has 26 heavy (non-hydrogen) atoms. The number of carbonyl (C=O) groups is 1. The van der Waals surface area contributed by atoms with Gasteiger partial charge < -0.3 is 9.64 Å². The lowest BCUT2D eigenvalue weighted by Gasteiger charge is -2.21. The molecule has 0 saturated carbocycles. The maximum Gasteiger partial charge on any atom is 0.573 e. The van der Waals surface area contributed by atoms with Crippen LogP contribution in [0.15, 0.2) is 18.2 Å². The molecule has 1 aromatic heterocycles. The molecule has 1 aromatic carbocycles. The predicted octanol–water partition coefficient (Wildman–Crippen LogP) is 4.31. The molecule has 0 aliphatic rings. The molecule has 146 valence electrons. The number of halogens is 4. The predicted molar refractivity (Wildman–Crippen MR) is 99.4 cm³/mol. The molecule has 0 saturated heterocycles. The second kappa shape index (κ2) is 9.38. The number of amides is 1. The van der Waals surface area contributed by atoms with Gasteiger partial charge in [0.25, 0.3) is 0 Å². The van der Waals surface area contributed by atoms with Crippen LogP contribution < -0.4 is 9.64 Å². The van der Waals surface area contributed by atoms with Crippen molar-refractivity contribution in [2.75, 3.05) is 32.1 Å². The van der Waals surface area contributed by atoms with E-state index >= 15 is 0 Å². The van der Waals surface area contributed by atoms with Gasteiger partial charge in [0.15, 0.2) is 5.13 Å². The van der Waals surface area contributed by atoms with Gasteiger partial charge in [-0.1, -0.05) is 18.3 Å². The topological polar surface area (TPSA) is 45.7 Å². The zero-order valence-corrected chi connectivity index (χ0v) is 16.3. The Morgan fingerprint density at radius 3 is 2.54 bits per heavy atom. The molecule has 0 atom stereocenters. The van der Waals surface area contributed by atoms with E-state index in [-0.39, 0.29) is 24.1 Å². The van der Waals surface area contributed by atoms with Crippen LogP contribution in [0.2, 0.25) is 0 Å². The summed E-state index contributed by atoms with van der Waals surface area (Å²) >= 11 is 1.18. The highest BCUT2D eigenvalue weighted by atomic mass is 35.5. The Kier molecular flexibility index (Phi) is 8.11. The summed E-state index contributed by atoms with van der Waals surface area (Å²) < 4.78 is 41.5. The van der Waals surface area contributed by atoms with Crippen molar-refractivity contribution >= 4 is 45.0 Å². The molecular weight excluding hydrogens is 391 g/mol. The second-order valence-corrected chi connectivity index (χ2v) is 6.78. The fraction of sp³-hybridized carbons (Fsp3) is 0.500. The minimum Gasteiger partial charge on any atom is -0.406 e. The van der Waals surface area contributed by atoms with Crippen molar-refractivity contribution in [3.05, 3.63) is 18.2 Å². The number of nitrogens with zero attached hydrogens (tertiary/aromatic N) is 3. The van der Waals surface area contributed by atoms with Crippen LogP contribution >= 0.6 is 23.7 Å². The monoisotopic (exact) mass is 411 g/mol. The number of likely N-dealkylation sites (N-methyl/N-ethyl adjacent to an activating group) is 1. The van der Waals surface area contributed by atoms with Crippen LogP contribution in [0, 0.1) is 0 Å². The van der Waals surface area contributed by atoms with Crippen LogP contribution in [-0.4, -0.2) is 49.3 Å². The molecule has 0 unspecified atom stereocenters. The third kappa shape index (κ3) is 6.30. The largest absolute Gasteiger partial charge is 0.573 e. The van der Waals surface area contributed by atoms with Crippen molar-refractivity contribution < 1.29 is 22.7 Å². The molecule has 0 spiro atoms. The van der Waals surface area contributed by atoms with Gasteiger partial charge >= 0.3 is 6.36 Å². The van der Waals surface area contributed by atoms with E-state index < -0.39 is 6.36 Å². The van der Waals surface area contributed by atoms with E-state index in [1.807, 2.05) is 25.9 Å². The Bertz CT molecular complexity index is 737. The molecule has 10 heteroatoms. The summed E-state index contributed by atoms with van der Waals surface area (Å²) in [6, 6.07) is 3.97. The average Bonchev–Trinajstić information content (AvgIpc) is 2.88. The fourth-order valence-corrected chi connectivity index (χ4v) is 3.22. The minimum atomic E-state index is -4.74. The van der Waals surface area contributed by atoms with Crippen LogP contribution in [0.25, 0.3) is 10.2 Å². The fourth-order valence-electron chi connectivity index (χ4n) is 2.18. The molecular formula is C16H21ClF3N3O2S. The molecule has 1 heterocycles. The number of anilines is 1. The van der Waals surface area contributed by atoms with E-state index in [0.717, 1.165) is 0 Å². The molecule has 0 N–H and O–H groups in total. The summed E-state index contributed by atoms with van der Waals surface area (Å²) in [5, 5.41) is 0.486. The summed E-state index contributed by atoms with van der Waals surface area (Å²) in [6.45, 7) is 3.05. The number of benzene rings is 1. The van der Waals surface area contributed by atoms with Crippen molar-refractivity contribution in [3.8, 4) is 5.75 Å². The average molecular weight is 412 g/mol. The number of thiazole rings is 1. The van der Waals surface area contributed by atoms with E-state index in [0.29, 0.717) is 41.3 Å². The first-order valence-corrected chi connectivity index (χ1v) is 8.62. The number of carbonyl (C=O) groups excluding carboxylic acids is 1. The third-order valence-electron chi connectivity index (χ3n) is 3.35. The van der Waals surface area contributed by atoms with Crippen LogP contribution in [0.4, 0.5) is 18.3 Å². The van der Waals surface area contributed by atoms with Crippen LogP contribution in [0.5, 0.6) is 5.75 Å². The minimum absolute atomic E-state index is 0. The number of fused-ring (bicyclic) bond motifs is 1. The lowest BCUT2D eigenvalue weighted by Crippen LogP contribution is -2.36. The van der Waals surface area contributed by atoms with Gasteiger partial charge in [-0.05, 0) is 32.6 Å². The Labute approximate surface area is 160 Å². The molecule has 0 bridgehead atoms. The lowest BCUT2D eigenvalue weighted by atomic mass is 10.3. The first-order valence-electron chi connectivity index (χ1n) is 7.81. The lowest BCUT2D eigenvalue weighted by molar-refractivity contribution is -0.274. The normalized spacial score (nSPS) is 11.5. The standard InChI is InChI=1S/C16H20F3N3O2S.ClH/c1-4-5-14(23)22(9-8-21(2)3)15-20-12-7-6-11(10-13(12)25-15)24-16(17,18)19;/h6-7,10H,4-5,8-9H2,1-3H3;1H. The molecule has 2 rings (SSSR count). The quantitative estimate of drug-likeness (QED) is 0.681. The van der Waals surface area contributed by atoms with E-state index in [9.17, 15) is 18.0 Å². The van der Waals surface area contributed by atoms with Crippen molar-refractivity contribution in [1.82, 2.24) is 9.88 Å². The van der Waals surface area contributed by atoms with E-state index in [4.69, 9.17) is 0 Å². The Hall–Kier alpha value is -1.58. The van der Waals surface area contributed by atoms with Gasteiger partial charge in [-0.25, -0.2) is 4.98 Å². The second-order valence-electron chi connectivity index (χ2n) is 5.77.